The Hall–Kier alpha value is -1.80. The molecule has 2 rings (SSSR count). The van der Waals surface area contributed by atoms with Crippen molar-refractivity contribution in [3.05, 3.63) is 60.2 Å². The third-order valence-corrected chi connectivity index (χ3v) is 3.26. The normalized spacial score (nSPS) is 11.9. The van der Waals surface area contributed by atoms with E-state index in [0.717, 1.165) is 5.56 Å². The van der Waals surface area contributed by atoms with Crippen molar-refractivity contribution in [1.82, 2.24) is 5.32 Å². The molecule has 0 saturated heterocycles. The highest BCUT2D eigenvalue weighted by atomic mass is 35.5. The number of rotatable bonds is 4. The molecule has 0 aliphatic carbocycles. The molecule has 1 atom stereocenters. The fourth-order valence-corrected chi connectivity index (χ4v) is 2.04. The zero-order valence-corrected chi connectivity index (χ0v) is 11.5. The molecule has 0 saturated carbocycles. The van der Waals surface area contributed by atoms with E-state index in [0.29, 0.717) is 0 Å². The molecule has 0 heterocycles. The summed E-state index contributed by atoms with van der Waals surface area (Å²) in [6.45, 7) is 1.95. The van der Waals surface area contributed by atoms with Gasteiger partial charge in [-0.3, -0.25) is 4.79 Å². The summed E-state index contributed by atoms with van der Waals surface area (Å²) in [5.41, 5.74) is 3.42. The van der Waals surface area contributed by atoms with Gasteiger partial charge < -0.3 is 5.32 Å². The molecule has 98 valence electrons. The van der Waals surface area contributed by atoms with Crippen LogP contribution in [0.3, 0.4) is 0 Å². The molecule has 0 bridgehead atoms. The number of hydrogen-bond donors (Lipinski definition) is 1. The lowest BCUT2D eigenvalue weighted by molar-refractivity contribution is -0.119. The van der Waals surface area contributed by atoms with Crippen molar-refractivity contribution in [3.63, 3.8) is 0 Å². The lowest BCUT2D eigenvalue weighted by atomic mass is 10.0. The topological polar surface area (TPSA) is 29.1 Å². The second-order valence-corrected chi connectivity index (χ2v) is 4.68. The largest absolute Gasteiger partial charge is 0.349 e. The zero-order valence-electron chi connectivity index (χ0n) is 10.8. The Morgan fingerprint density at radius 2 is 1.63 bits per heavy atom. The number of amides is 1. The summed E-state index contributed by atoms with van der Waals surface area (Å²) in [6.07, 6.45) is 0. The average molecular weight is 274 g/mol. The van der Waals surface area contributed by atoms with Gasteiger partial charge in [0, 0.05) is 0 Å². The monoisotopic (exact) mass is 273 g/mol. The molecule has 0 radical (unpaired) electrons. The molecular weight excluding hydrogens is 258 g/mol. The van der Waals surface area contributed by atoms with E-state index in [1.807, 2.05) is 37.3 Å². The van der Waals surface area contributed by atoms with Gasteiger partial charge in [0.05, 0.1) is 6.04 Å². The minimum Gasteiger partial charge on any atom is -0.349 e. The number of carbonyl (C=O) groups excluding carboxylic acids is 1. The summed E-state index contributed by atoms with van der Waals surface area (Å²) in [4.78, 5) is 11.2. The standard InChI is InChI=1S/C16H16ClNO/c1-12(18-16(19)11-17)13-7-9-15(10-8-13)14-5-3-2-4-6-14/h2-10,12H,11H2,1H3,(H,18,19)/t12-/m1/s1. The van der Waals surface area contributed by atoms with E-state index in [2.05, 4.69) is 29.6 Å². The van der Waals surface area contributed by atoms with Crippen LogP contribution in [0, 0.1) is 0 Å². The third-order valence-electron chi connectivity index (χ3n) is 3.02. The molecule has 0 aliphatic rings. The SMILES string of the molecule is C[C@@H](NC(=O)CCl)c1ccc(-c2ccccc2)cc1. The number of halogens is 1. The predicted octanol–water partition coefficient (Wildman–Crippen LogP) is 3.77. The van der Waals surface area contributed by atoms with Crippen molar-refractivity contribution in [2.45, 2.75) is 13.0 Å². The Morgan fingerprint density at radius 1 is 1.05 bits per heavy atom. The van der Waals surface area contributed by atoms with Gasteiger partial charge in [0.2, 0.25) is 5.91 Å². The Morgan fingerprint density at radius 3 is 2.21 bits per heavy atom. The lowest BCUT2D eigenvalue weighted by Gasteiger charge is -2.14. The van der Waals surface area contributed by atoms with Crippen molar-refractivity contribution < 1.29 is 4.79 Å². The second kappa shape index (κ2) is 6.39. The molecule has 0 aliphatic heterocycles. The van der Waals surface area contributed by atoms with Crippen molar-refractivity contribution in [2.75, 3.05) is 5.88 Å². The molecule has 0 unspecified atom stereocenters. The zero-order chi connectivity index (χ0) is 13.7. The highest BCUT2D eigenvalue weighted by Gasteiger charge is 2.08. The molecule has 3 heteroatoms. The van der Waals surface area contributed by atoms with Gasteiger partial charge in [-0.15, -0.1) is 11.6 Å². The Balaban J connectivity index is 2.12. The molecule has 0 aromatic heterocycles. The molecule has 2 aromatic rings. The van der Waals surface area contributed by atoms with E-state index in [1.165, 1.54) is 11.1 Å². The number of hydrogen-bond acceptors (Lipinski definition) is 1. The number of alkyl halides is 1. The molecule has 2 nitrogen and oxygen atoms in total. The van der Waals surface area contributed by atoms with Gasteiger partial charge in [-0.05, 0) is 23.6 Å². The van der Waals surface area contributed by atoms with Crippen molar-refractivity contribution in [1.29, 1.82) is 0 Å². The van der Waals surface area contributed by atoms with Crippen LogP contribution in [0.2, 0.25) is 0 Å². The maximum atomic E-state index is 11.2. The van der Waals surface area contributed by atoms with Gasteiger partial charge in [0.15, 0.2) is 0 Å². The number of carbonyl (C=O) groups is 1. The fraction of sp³-hybridized carbons (Fsp3) is 0.188. The maximum Gasteiger partial charge on any atom is 0.235 e. The predicted molar refractivity (Wildman–Crippen MR) is 79.2 cm³/mol. The van der Waals surface area contributed by atoms with Crippen LogP contribution >= 0.6 is 11.6 Å². The average Bonchev–Trinajstić information content (AvgIpc) is 2.48. The first-order valence-corrected chi connectivity index (χ1v) is 6.75. The molecule has 1 amide bonds. The molecule has 0 fully saturated rings. The van der Waals surface area contributed by atoms with Crippen LogP contribution in [0.25, 0.3) is 11.1 Å². The fourth-order valence-electron chi connectivity index (χ4n) is 1.96. The maximum absolute atomic E-state index is 11.2. The van der Waals surface area contributed by atoms with Gasteiger partial charge >= 0.3 is 0 Å². The molecule has 1 N–H and O–H groups in total. The molecule has 2 aromatic carbocycles. The van der Waals surface area contributed by atoms with E-state index in [-0.39, 0.29) is 17.8 Å². The van der Waals surface area contributed by atoms with Crippen LogP contribution in [0.15, 0.2) is 54.6 Å². The summed E-state index contributed by atoms with van der Waals surface area (Å²) in [6, 6.07) is 18.4. The summed E-state index contributed by atoms with van der Waals surface area (Å²) >= 11 is 5.48. The number of nitrogens with one attached hydrogen (secondary N) is 1. The smallest absolute Gasteiger partial charge is 0.235 e. The third kappa shape index (κ3) is 3.58. The van der Waals surface area contributed by atoms with Crippen LogP contribution in [-0.4, -0.2) is 11.8 Å². The quantitative estimate of drug-likeness (QED) is 0.844. The van der Waals surface area contributed by atoms with E-state index in [9.17, 15) is 4.79 Å². The van der Waals surface area contributed by atoms with Crippen molar-refractivity contribution in [2.24, 2.45) is 0 Å². The van der Waals surface area contributed by atoms with Crippen LogP contribution in [0.4, 0.5) is 0 Å². The second-order valence-electron chi connectivity index (χ2n) is 4.41. The van der Waals surface area contributed by atoms with Gasteiger partial charge in [-0.1, -0.05) is 54.6 Å². The first-order chi connectivity index (χ1) is 9.20. The Bertz CT molecular complexity index is 536. The van der Waals surface area contributed by atoms with Crippen LogP contribution in [-0.2, 0) is 4.79 Å². The van der Waals surface area contributed by atoms with Crippen LogP contribution in [0.1, 0.15) is 18.5 Å². The molecule has 0 spiro atoms. The van der Waals surface area contributed by atoms with E-state index < -0.39 is 0 Å². The summed E-state index contributed by atoms with van der Waals surface area (Å²) < 4.78 is 0. The van der Waals surface area contributed by atoms with Gasteiger partial charge in [0.25, 0.3) is 0 Å². The van der Waals surface area contributed by atoms with Crippen molar-refractivity contribution >= 4 is 17.5 Å². The Labute approximate surface area is 118 Å². The van der Waals surface area contributed by atoms with Gasteiger partial charge in [-0.2, -0.15) is 0 Å². The summed E-state index contributed by atoms with van der Waals surface area (Å²) in [7, 11) is 0. The summed E-state index contributed by atoms with van der Waals surface area (Å²) in [5, 5.41) is 2.83. The first-order valence-electron chi connectivity index (χ1n) is 6.21. The summed E-state index contributed by atoms with van der Waals surface area (Å²) in [5.74, 6) is -0.159. The van der Waals surface area contributed by atoms with Crippen LogP contribution < -0.4 is 5.32 Å². The molecular formula is C16H16ClNO. The van der Waals surface area contributed by atoms with E-state index in [1.54, 1.807) is 0 Å². The minimum absolute atomic E-state index is 0.00750. The minimum atomic E-state index is -0.152. The molecule has 19 heavy (non-hydrogen) atoms. The van der Waals surface area contributed by atoms with Gasteiger partial charge in [0.1, 0.15) is 5.88 Å². The Kier molecular flexibility index (Phi) is 4.58. The lowest BCUT2D eigenvalue weighted by Crippen LogP contribution is -2.27. The van der Waals surface area contributed by atoms with Crippen LogP contribution in [0.5, 0.6) is 0 Å². The number of benzene rings is 2. The highest BCUT2D eigenvalue weighted by Crippen LogP contribution is 2.21. The highest BCUT2D eigenvalue weighted by molar-refractivity contribution is 6.27. The van der Waals surface area contributed by atoms with Gasteiger partial charge in [-0.25, -0.2) is 0 Å². The van der Waals surface area contributed by atoms with Crippen molar-refractivity contribution in [3.8, 4) is 11.1 Å². The van der Waals surface area contributed by atoms with E-state index in [4.69, 9.17) is 11.6 Å². The van der Waals surface area contributed by atoms with E-state index >= 15 is 0 Å². The first kappa shape index (κ1) is 13.6.